The summed E-state index contributed by atoms with van der Waals surface area (Å²) in [6.07, 6.45) is 2.40. The predicted molar refractivity (Wildman–Crippen MR) is 82.1 cm³/mol. The number of ether oxygens (including phenoxy) is 1. The van der Waals surface area contributed by atoms with Crippen molar-refractivity contribution < 1.29 is 4.74 Å². The number of hydrogen-bond donors (Lipinski definition) is 0. The van der Waals surface area contributed by atoms with Crippen molar-refractivity contribution in [3.05, 3.63) is 17.0 Å². The van der Waals surface area contributed by atoms with Crippen molar-refractivity contribution in [2.45, 2.75) is 40.2 Å². The molecule has 4 nitrogen and oxygen atoms in total. The molecule has 0 saturated carbocycles. The Kier molecular flexibility index (Phi) is 4.86. The van der Waals surface area contributed by atoms with Gasteiger partial charge in [-0.1, -0.05) is 32.4 Å². The van der Waals surface area contributed by atoms with Crippen LogP contribution in [-0.2, 0) is 11.3 Å². The van der Waals surface area contributed by atoms with E-state index in [4.69, 9.17) is 16.3 Å². The number of hydrogen-bond acceptors (Lipinski definition) is 4. The highest BCUT2D eigenvalue weighted by molar-refractivity contribution is 6.29. The van der Waals surface area contributed by atoms with Gasteiger partial charge in [-0.15, -0.1) is 0 Å². The predicted octanol–water partition coefficient (Wildman–Crippen LogP) is 3.54. The van der Waals surface area contributed by atoms with Gasteiger partial charge in [0.05, 0.1) is 0 Å². The van der Waals surface area contributed by atoms with Crippen molar-refractivity contribution in [2.24, 2.45) is 11.3 Å². The van der Waals surface area contributed by atoms with Gasteiger partial charge in [0.2, 0.25) is 0 Å². The van der Waals surface area contributed by atoms with Gasteiger partial charge < -0.3 is 9.64 Å². The molecule has 20 heavy (non-hydrogen) atoms. The maximum absolute atomic E-state index is 6.07. The molecule has 1 saturated heterocycles. The van der Waals surface area contributed by atoms with Crippen LogP contribution in [0.5, 0.6) is 0 Å². The molecular formula is C15H24ClN3O. The summed E-state index contributed by atoms with van der Waals surface area (Å²) in [6, 6.07) is 1.85. The summed E-state index contributed by atoms with van der Waals surface area (Å²) < 4.78 is 5.08. The third-order valence-corrected chi connectivity index (χ3v) is 4.24. The van der Waals surface area contributed by atoms with Gasteiger partial charge in [0.25, 0.3) is 0 Å². The molecule has 0 unspecified atom stereocenters. The van der Waals surface area contributed by atoms with E-state index in [1.165, 1.54) is 12.8 Å². The Morgan fingerprint density at radius 1 is 1.30 bits per heavy atom. The highest BCUT2D eigenvalue weighted by atomic mass is 35.5. The second-order valence-electron chi connectivity index (χ2n) is 6.53. The second kappa shape index (κ2) is 6.27. The number of nitrogens with zero attached hydrogens (tertiary/aromatic N) is 3. The fraction of sp³-hybridized carbons (Fsp3) is 0.733. The Morgan fingerprint density at radius 3 is 2.50 bits per heavy atom. The summed E-state index contributed by atoms with van der Waals surface area (Å²) in [5.74, 6) is 2.34. The molecule has 112 valence electrons. The minimum atomic E-state index is 0.386. The van der Waals surface area contributed by atoms with Gasteiger partial charge >= 0.3 is 0 Å². The molecule has 0 amide bonds. The van der Waals surface area contributed by atoms with E-state index in [2.05, 4.69) is 35.6 Å². The maximum Gasteiger partial charge on any atom is 0.158 e. The molecule has 5 heteroatoms. The van der Waals surface area contributed by atoms with E-state index in [-0.39, 0.29) is 0 Å². The van der Waals surface area contributed by atoms with E-state index in [1.807, 2.05) is 6.07 Å². The summed E-state index contributed by atoms with van der Waals surface area (Å²) in [4.78, 5) is 11.0. The monoisotopic (exact) mass is 297 g/mol. The Labute approximate surface area is 126 Å². The largest absolute Gasteiger partial charge is 0.377 e. The highest BCUT2D eigenvalue weighted by Gasteiger charge is 2.29. The lowest BCUT2D eigenvalue weighted by Crippen LogP contribution is -2.38. The first-order valence-electron chi connectivity index (χ1n) is 7.17. The van der Waals surface area contributed by atoms with Gasteiger partial charge in [0.1, 0.15) is 17.6 Å². The molecule has 1 fully saturated rings. The lowest BCUT2D eigenvalue weighted by Gasteiger charge is -2.39. The van der Waals surface area contributed by atoms with Crippen LogP contribution in [-0.4, -0.2) is 30.2 Å². The van der Waals surface area contributed by atoms with Crippen LogP contribution in [0.2, 0.25) is 5.15 Å². The number of rotatable bonds is 3. The Morgan fingerprint density at radius 2 is 1.95 bits per heavy atom. The van der Waals surface area contributed by atoms with Crippen LogP contribution in [0.15, 0.2) is 6.07 Å². The molecule has 0 atom stereocenters. The third kappa shape index (κ3) is 3.83. The van der Waals surface area contributed by atoms with E-state index in [0.29, 0.717) is 23.0 Å². The van der Waals surface area contributed by atoms with E-state index in [1.54, 1.807) is 7.11 Å². The minimum Gasteiger partial charge on any atom is -0.377 e. The molecule has 2 rings (SSSR count). The van der Waals surface area contributed by atoms with Crippen LogP contribution >= 0.6 is 11.6 Å². The SMILES string of the molecule is COCc1nc(Cl)cc(N2CCC(C(C)(C)C)CC2)n1. The van der Waals surface area contributed by atoms with Gasteiger partial charge in [-0.25, -0.2) is 9.97 Å². The molecule has 2 heterocycles. The first-order chi connectivity index (χ1) is 9.40. The van der Waals surface area contributed by atoms with Gasteiger partial charge in [-0.05, 0) is 24.2 Å². The first kappa shape index (κ1) is 15.5. The molecule has 1 aliphatic rings. The number of aromatic nitrogens is 2. The fourth-order valence-electron chi connectivity index (χ4n) is 2.78. The average molecular weight is 298 g/mol. The summed E-state index contributed by atoms with van der Waals surface area (Å²) >= 11 is 6.07. The smallest absolute Gasteiger partial charge is 0.158 e. The van der Waals surface area contributed by atoms with Crippen LogP contribution < -0.4 is 4.90 Å². The summed E-state index contributed by atoms with van der Waals surface area (Å²) in [5, 5.41) is 0.486. The topological polar surface area (TPSA) is 38.2 Å². The zero-order chi connectivity index (χ0) is 14.8. The van der Waals surface area contributed by atoms with Crippen molar-refractivity contribution in [2.75, 3.05) is 25.1 Å². The van der Waals surface area contributed by atoms with Gasteiger partial charge in [0, 0.05) is 26.3 Å². The molecule has 0 radical (unpaired) electrons. The number of piperidine rings is 1. The van der Waals surface area contributed by atoms with Crippen LogP contribution in [0.3, 0.4) is 0 Å². The van der Waals surface area contributed by atoms with Crippen molar-refractivity contribution in [3.63, 3.8) is 0 Å². The van der Waals surface area contributed by atoms with E-state index in [9.17, 15) is 0 Å². The highest BCUT2D eigenvalue weighted by Crippen LogP contribution is 2.35. The molecule has 1 aromatic heterocycles. The number of halogens is 1. The van der Waals surface area contributed by atoms with Gasteiger partial charge in [-0.3, -0.25) is 0 Å². The fourth-order valence-corrected chi connectivity index (χ4v) is 2.98. The molecule has 0 bridgehead atoms. The Bertz CT molecular complexity index is 451. The first-order valence-corrected chi connectivity index (χ1v) is 7.55. The van der Waals surface area contributed by atoms with Gasteiger partial charge in [-0.2, -0.15) is 0 Å². The molecule has 1 aliphatic heterocycles. The van der Waals surface area contributed by atoms with E-state index < -0.39 is 0 Å². The quantitative estimate of drug-likeness (QED) is 0.800. The maximum atomic E-state index is 6.07. The Balaban J connectivity index is 2.07. The standard InChI is InChI=1S/C15H24ClN3O/c1-15(2,3)11-5-7-19(8-6-11)14-9-12(16)17-13(18-14)10-20-4/h9,11H,5-8,10H2,1-4H3. The van der Waals surface area contributed by atoms with Crippen molar-refractivity contribution in [3.8, 4) is 0 Å². The Hall–Kier alpha value is -0.870. The van der Waals surface area contributed by atoms with Crippen molar-refractivity contribution in [1.29, 1.82) is 0 Å². The number of anilines is 1. The van der Waals surface area contributed by atoms with Crippen LogP contribution in [0.4, 0.5) is 5.82 Å². The normalized spacial score (nSPS) is 17.6. The molecule has 0 aromatic carbocycles. The summed E-state index contributed by atoms with van der Waals surface area (Å²) in [5.41, 5.74) is 0.386. The van der Waals surface area contributed by atoms with Crippen LogP contribution in [0.1, 0.15) is 39.4 Å². The average Bonchev–Trinajstić information content (AvgIpc) is 2.37. The summed E-state index contributed by atoms with van der Waals surface area (Å²) in [6.45, 7) is 9.43. The zero-order valence-electron chi connectivity index (χ0n) is 12.8. The van der Waals surface area contributed by atoms with E-state index in [0.717, 1.165) is 24.8 Å². The third-order valence-electron chi connectivity index (χ3n) is 4.04. The van der Waals surface area contributed by atoms with Crippen molar-refractivity contribution in [1.82, 2.24) is 9.97 Å². The van der Waals surface area contributed by atoms with E-state index >= 15 is 0 Å². The molecule has 0 spiro atoms. The van der Waals surface area contributed by atoms with Gasteiger partial charge in [0.15, 0.2) is 5.82 Å². The molecule has 1 aromatic rings. The lowest BCUT2D eigenvalue weighted by molar-refractivity contribution is 0.177. The molecule has 0 N–H and O–H groups in total. The van der Waals surface area contributed by atoms with Crippen LogP contribution in [0.25, 0.3) is 0 Å². The zero-order valence-corrected chi connectivity index (χ0v) is 13.6. The molecule has 0 aliphatic carbocycles. The van der Waals surface area contributed by atoms with Crippen LogP contribution in [0, 0.1) is 11.3 Å². The lowest BCUT2D eigenvalue weighted by atomic mass is 9.75. The molecular weight excluding hydrogens is 274 g/mol. The van der Waals surface area contributed by atoms with Crippen molar-refractivity contribution >= 4 is 17.4 Å². The minimum absolute atomic E-state index is 0.386. The second-order valence-corrected chi connectivity index (χ2v) is 6.91. The summed E-state index contributed by atoms with van der Waals surface area (Å²) in [7, 11) is 1.64. The number of methoxy groups -OCH3 is 1.